The van der Waals surface area contributed by atoms with Crippen molar-refractivity contribution in [1.82, 2.24) is 30.5 Å². The highest BCUT2D eigenvalue weighted by Crippen LogP contribution is 2.42. The predicted octanol–water partition coefficient (Wildman–Crippen LogP) is 2.59. The average Bonchev–Trinajstić information content (AvgIpc) is 3.69. The molecular weight excluding hydrogens is 528 g/mol. The number of para-hydroxylation sites is 1. The summed E-state index contributed by atoms with van der Waals surface area (Å²) in [7, 11) is 2.78. The highest BCUT2D eigenvalue weighted by Gasteiger charge is 2.34. The third-order valence-corrected chi connectivity index (χ3v) is 6.85. The second-order valence-electron chi connectivity index (χ2n) is 9.38. The zero-order chi connectivity index (χ0) is 28.9. The molecular formula is C29H30N6O6. The second kappa shape index (κ2) is 11.9. The van der Waals surface area contributed by atoms with Crippen molar-refractivity contribution >= 4 is 39.9 Å². The van der Waals surface area contributed by atoms with Gasteiger partial charge >= 0.3 is 6.03 Å². The maximum Gasteiger partial charge on any atom is 0.314 e. The van der Waals surface area contributed by atoms with Gasteiger partial charge in [0.1, 0.15) is 0 Å². The number of nitrogens with zero attached hydrogens (tertiary/aromatic N) is 2. The van der Waals surface area contributed by atoms with Crippen LogP contribution in [0.5, 0.6) is 17.2 Å². The first kappa shape index (κ1) is 27.3. The molecule has 2 aromatic carbocycles. The zero-order valence-electron chi connectivity index (χ0n) is 22.6. The summed E-state index contributed by atoms with van der Waals surface area (Å²) in [5, 5.41) is 19.2. The van der Waals surface area contributed by atoms with Gasteiger partial charge in [-0.1, -0.05) is 18.2 Å². The minimum atomic E-state index is -0.556. The molecule has 212 valence electrons. The Labute approximate surface area is 235 Å². The van der Waals surface area contributed by atoms with Crippen LogP contribution in [0, 0.1) is 0 Å². The van der Waals surface area contributed by atoms with E-state index < -0.39 is 11.8 Å². The minimum Gasteiger partial charge on any atom is -0.502 e. The van der Waals surface area contributed by atoms with Gasteiger partial charge in [-0.3, -0.25) is 14.9 Å². The zero-order valence-corrected chi connectivity index (χ0v) is 22.6. The molecule has 0 saturated heterocycles. The number of aromatic hydroxyl groups is 1. The molecule has 1 aliphatic rings. The lowest BCUT2D eigenvalue weighted by Crippen LogP contribution is -2.37. The van der Waals surface area contributed by atoms with Gasteiger partial charge in [0.05, 0.1) is 31.7 Å². The van der Waals surface area contributed by atoms with Crippen molar-refractivity contribution in [2.24, 2.45) is 0 Å². The van der Waals surface area contributed by atoms with Crippen molar-refractivity contribution in [2.45, 2.75) is 19.4 Å². The molecule has 2 aromatic heterocycles. The molecule has 0 unspecified atom stereocenters. The van der Waals surface area contributed by atoms with Crippen LogP contribution in [0.25, 0.3) is 22.0 Å². The van der Waals surface area contributed by atoms with E-state index in [1.54, 1.807) is 12.5 Å². The van der Waals surface area contributed by atoms with Crippen LogP contribution in [0.1, 0.15) is 23.2 Å². The molecule has 3 heterocycles. The number of amides is 4. The number of fused-ring (bicyclic) bond motifs is 1. The Kier molecular flexibility index (Phi) is 7.90. The third kappa shape index (κ3) is 5.57. The summed E-state index contributed by atoms with van der Waals surface area (Å²) in [5.74, 6) is -1.06. The number of methoxy groups -OCH3 is 2. The molecule has 1 aliphatic heterocycles. The van der Waals surface area contributed by atoms with E-state index in [9.17, 15) is 19.5 Å². The molecule has 41 heavy (non-hydrogen) atoms. The number of ether oxygens (including phenoxy) is 2. The van der Waals surface area contributed by atoms with Crippen LogP contribution < -0.4 is 25.4 Å². The molecule has 12 nitrogen and oxygen atoms in total. The fraction of sp³-hybridized carbons (Fsp3) is 0.241. The lowest BCUT2D eigenvalue weighted by molar-refractivity contribution is -0.122. The van der Waals surface area contributed by atoms with Crippen LogP contribution in [-0.2, 0) is 22.6 Å². The van der Waals surface area contributed by atoms with E-state index in [0.29, 0.717) is 43.6 Å². The van der Waals surface area contributed by atoms with E-state index >= 15 is 0 Å². The average molecular weight is 559 g/mol. The number of aromatic nitrogens is 3. The van der Waals surface area contributed by atoms with Crippen LogP contribution in [0.2, 0.25) is 0 Å². The van der Waals surface area contributed by atoms with E-state index in [1.165, 1.54) is 26.4 Å². The van der Waals surface area contributed by atoms with Gasteiger partial charge < -0.3 is 34.8 Å². The van der Waals surface area contributed by atoms with Gasteiger partial charge in [-0.15, -0.1) is 0 Å². The van der Waals surface area contributed by atoms with Crippen molar-refractivity contribution in [2.75, 3.05) is 27.3 Å². The summed E-state index contributed by atoms with van der Waals surface area (Å²) in [5.41, 5.74) is 3.16. The topological polar surface area (TPSA) is 160 Å². The van der Waals surface area contributed by atoms with Crippen molar-refractivity contribution in [3.63, 3.8) is 0 Å². The summed E-state index contributed by atoms with van der Waals surface area (Å²) in [6, 6.07) is 10.3. The SMILES string of the molecule is COc1cc(C2=C(c3cn(CCCNC(=O)NCCc4cnc[nH]4)c4ccccc34)C(=O)NC2=O)cc(OC)c1O. The summed E-state index contributed by atoms with van der Waals surface area (Å²) < 4.78 is 12.5. The summed E-state index contributed by atoms with van der Waals surface area (Å²) in [4.78, 5) is 45.2. The van der Waals surface area contributed by atoms with Gasteiger partial charge in [0.15, 0.2) is 11.5 Å². The number of carbonyl (C=O) groups excluding carboxylic acids is 3. The molecule has 0 atom stereocenters. The van der Waals surface area contributed by atoms with Crippen LogP contribution >= 0.6 is 0 Å². The molecule has 0 bridgehead atoms. The normalized spacial score (nSPS) is 13.0. The van der Waals surface area contributed by atoms with Gasteiger partial charge in [0.2, 0.25) is 5.75 Å². The molecule has 0 saturated carbocycles. The Morgan fingerprint density at radius 2 is 1.73 bits per heavy atom. The lowest BCUT2D eigenvalue weighted by Gasteiger charge is -2.12. The number of benzene rings is 2. The number of phenols is 1. The second-order valence-corrected chi connectivity index (χ2v) is 9.38. The lowest BCUT2D eigenvalue weighted by atomic mass is 9.95. The van der Waals surface area contributed by atoms with Crippen molar-refractivity contribution in [3.8, 4) is 17.2 Å². The molecule has 0 aliphatic carbocycles. The number of aryl methyl sites for hydroxylation is 1. The number of H-pyrrole nitrogens is 1. The fourth-order valence-corrected chi connectivity index (χ4v) is 4.90. The quantitative estimate of drug-likeness (QED) is 0.140. The van der Waals surface area contributed by atoms with Gasteiger partial charge in [-0.25, -0.2) is 9.78 Å². The Morgan fingerprint density at radius 3 is 2.44 bits per heavy atom. The van der Waals surface area contributed by atoms with E-state index in [2.05, 4.69) is 25.9 Å². The number of phenolic OH excluding ortho intramolecular Hbond substituents is 1. The Bertz CT molecular complexity index is 1610. The first-order chi connectivity index (χ1) is 19.9. The standard InChI is InChI=1S/C29H30N6O6/c1-40-22-12-17(13-23(41-2)26(22)36)24-25(28(38)34-27(24)37)20-15-35(21-7-4-3-6-19(20)21)11-5-9-31-29(39)32-10-8-18-14-30-16-33-18/h3-4,6-7,12-16,36H,5,8-11H2,1-2H3,(H,30,33)(H2,31,32,39)(H,34,37,38). The minimum absolute atomic E-state index is 0.110. The molecule has 0 radical (unpaired) electrons. The molecule has 5 N–H and O–H groups in total. The van der Waals surface area contributed by atoms with Gasteiger partial charge in [0, 0.05) is 60.6 Å². The predicted molar refractivity (Wildman–Crippen MR) is 151 cm³/mol. The number of hydrogen-bond donors (Lipinski definition) is 5. The number of imide groups is 1. The third-order valence-electron chi connectivity index (χ3n) is 6.85. The summed E-state index contributed by atoms with van der Waals surface area (Å²) >= 11 is 0. The summed E-state index contributed by atoms with van der Waals surface area (Å²) in [6.07, 6.45) is 6.45. The van der Waals surface area contributed by atoms with Crippen LogP contribution in [0.4, 0.5) is 4.79 Å². The molecule has 5 rings (SSSR count). The molecule has 0 fully saturated rings. The molecule has 0 spiro atoms. The molecule has 4 aromatic rings. The van der Waals surface area contributed by atoms with E-state index in [4.69, 9.17) is 9.47 Å². The number of nitrogens with one attached hydrogen (secondary N) is 4. The van der Waals surface area contributed by atoms with E-state index in [-0.39, 0.29) is 34.4 Å². The number of aromatic amines is 1. The first-order valence-electron chi connectivity index (χ1n) is 13.0. The molecule has 4 amide bonds. The van der Waals surface area contributed by atoms with Crippen molar-refractivity contribution in [1.29, 1.82) is 0 Å². The molecule has 12 heteroatoms. The van der Waals surface area contributed by atoms with Crippen LogP contribution in [-0.4, -0.2) is 64.8 Å². The first-order valence-corrected chi connectivity index (χ1v) is 13.0. The number of carbonyl (C=O) groups is 3. The Morgan fingerprint density at radius 1 is 1.02 bits per heavy atom. The van der Waals surface area contributed by atoms with Crippen molar-refractivity contribution in [3.05, 3.63) is 71.9 Å². The number of imidazole rings is 1. The Hall–Kier alpha value is -5.26. The number of rotatable bonds is 11. The maximum absolute atomic E-state index is 13.1. The smallest absolute Gasteiger partial charge is 0.314 e. The monoisotopic (exact) mass is 558 g/mol. The fourth-order valence-electron chi connectivity index (χ4n) is 4.90. The van der Waals surface area contributed by atoms with Crippen LogP contribution in [0.3, 0.4) is 0 Å². The van der Waals surface area contributed by atoms with Crippen LogP contribution in [0.15, 0.2) is 55.1 Å². The maximum atomic E-state index is 13.1. The van der Waals surface area contributed by atoms with Gasteiger partial charge in [0.25, 0.3) is 11.8 Å². The highest BCUT2D eigenvalue weighted by atomic mass is 16.5. The summed E-state index contributed by atoms with van der Waals surface area (Å²) in [6.45, 7) is 1.49. The number of hydrogen-bond acceptors (Lipinski definition) is 7. The Balaban J connectivity index is 1.37. The largest absolute Gasteiger partial charge is 0.502 e. The van der Waals surface area contributed by atoms with E-state index in [0.717, 1.165) is 16.6 Å². The van der Waals surface area contributed by atoms with E-state index in [1.807, 2.05) is 35.0 Å². The van der Waals surface area contributed by atoms with Gasteiger partial charge in [-0.05, 0) is 30.2 Å². The van der Waals surface area contributed by atoms with Crippen molar-refractivity contribution < 1.29 is 29.0 Å². The highest BCUT2D eigenvalue weighted by molar-refractivity contribution is 6.50. The van der Waals surface area contributed by atoms with Gasteiger partial charge in [-0.2, -0.15) is 0 Å². The number of urea groups is 1.